The molecule has 0 fully saturated rings. The maximum absolute atomic E-state index is 5.77. The number of halogens is 2. The maximum Gasteiger partial charge on any atom is 0.0495 e. The van der Waals surface area contributed by atoms with Gasteiger partial charge in [0.1, 0.15) is 0 Å². The minimum Gasteiger partial charge on any atom is -0.399 e. The van der Waals surface area contributed by atoms with Gasteiger partial charge in [-0.15, -0.1) is 0 Å². The monoisotopic (exact) mass is 378 g/mol. The fourth-order valence-electron chi connectivity index (χ4n) is 2.21. The number of hydrogen-bond donors (Lipinski definition) is 1. The Morgan fingerprint density at radius 3 is 2.58 bits per heavy atom. The van der Waals surface area contributed by atoms with Crippen LogP contribution in [0.5, 0.6) is 0 Å². The van der Waals surface area contributed by atoms with Gasteiger partial charge in [0.05, 0.1) is 0 Å². The largest absolute Gasteiger partial charge is 0.399 e. The summed E-state index contributed by atoms with van der Waals surface area (Å²) < 4.78 is 4.39. The summed E-state index contributed by atoms with van der Waals surface area (Å²) in [5.74, 6) is 0. The Balaban J connectivity index is 2.06. The van der Waals surface area contributed by atoms with Crippen LogP contribution in [-0.4, -0.2) is 4.57 Å². The Bertz CT molecular complexity index is 747. The van der Waals surface area contributed by atoms with E-state index in [1.54, 1.807) is 0 Å². The first-order chi connectivity index (χ1) is 9.15. The molecule has 0 bridgehead atoms. The van der Waals surface area contributed by atoms with E-state index in [1.165, 1.54) is 16.5 Å². The average molecular weight is 380 g/mol. The zero-order chi connectivity index (χ0) is 13.4. The standard InChI is InChI=1S/C15H12Br2N2/c16-13-7-11(18)6-5-10(13)8-19-9-14(17)12-3-1-2-4-15(12)19/h1-7,9H,8,18H2. The van der Waals surface area contributed by atoms with Crippen molar-refractivity contribution in [3.05, 3.63) is 63.2 Å². The molecule has 2 aromatic carbocycles. The molecule has 0 aliphatic heterocycles. The second-order valence-electron chi connectivity index (χ2n) is 4.47. The number of hydrogen-bond acceptors (Lipinski definition) is 1. The number of nitrogen functional groups attached to an aromatic ring is 1. The average Bonchev–Trinajstić information content (AvgIpc) is 2.71. The topological polar surface area (TPSA) is 30.9 Å². The lowest BCUT2D eigenvalue weighted by Gasteiger charge is -2.08. The van der Waals surface area contributed by atoms with E-state index in [2.05, 4.69) is 73.0 Å². The molecule has 0 spiro atoms. The number of nitrogens with two attached hydrogens (primary N) is 1. The normalized spacial score (nSPS) is 11.1. The lowest BCUT2D eigenvalue weighted by Crippen LogP contribution is -1.99. The van der Waals surface area contributed by atoms with E-state index in [9.17, 15) is 0 Å². The molecule has 0 unspecified atom stereocenters. The van der Waals surface area contributed by atoms with Crippen LogP contribution in [0, 0.1) is 0 Å². The molecular weight excluding hydrogens is 368 g/mol. The fourth-order valence-corrected chi connectivity index (χ4v) is 3.31. The minimum absolute atomic E-state index is 0.772. The summed E-state index contributed by atoms with van der Waals surface area (Å²) in [7, 11) is 0. The van der Waals surface area contributed by atoms with Gasteiger partial charge in [-0.2, -0.15) is 0 Å². The van der Waals surface area contributed by atoms with Crippen molar-refractivity contribution in [2.24, 2.45) is 0 Å². The van der Waals surface area contributed by atoms with Crippen molar-refractivity contribution in [1.82, 2.24) is 4.57 Å². The van der Waals surface area contributed by atoms with E-state index in [4.69, 9.17) is 5.73 Å². The van der Waals surface area contributed by atoms with E-state index >= 15 is 0 Å². The minimum atomic E-state index is 0.772. The summed E-state index contributed by atoms with van der Waals surface area (Å²) in [4.78, 5) is 0. The fraction of sp³-hybridized carbons (Fsp3) is 0.0667. The summed E-state index contributed by atoms with van der Waals surface area (Å²) >= 11 is 7.18. The number of fused-ring (bicyclic) bond motifs is 1. The molecule has 0 saturated heterocycles. The number of anilines is 1. The predicted molar refractivity (Wildman–Crippen MR) is 87.3 cm³/mol. The highest BCUT2D eigenvalue weighted by molar-refractivity contribution is 9.11. The van der Waals surface area contributed by atoms with Gasteiger partial charge >= 0.3 is 0 Å². The van der Waals surface area contributed by atoms with Gasteiger partial charge in [-0.3, -0.25) is 0 Å². The van der Waals surface area contributed by atoms with E-state index in [0.717, 1.165) is 21.2 Å². The van der Waals surface area contributed by atoms with Gasteiger partial charge in [-0.25, -0.2) is 0 Å². The van der Waals surface area contributed by atoms with Crippen LogP contribution in [0.3, 0.4) is 0 Å². The van der Waals surface area contributed by atoms with Crippen LogP contribution in [0.2, 0.25) is 0 Å². The molecule has 2 N–H and O–H groups in total. The third-order valence-electron chi connectivity index (χ3n) is 3.16. The second kappa shape index (κ2) is 5.02. The van der Waals surface area contributed by atoms with Gasteiger partial charge in [0.15, 0.2) is 0 Å². The Hall–Kier alpha value is -1.26. The van der Waals surface area contributed by atoms with Gasteiger partial charge < -0.3 is 10.3 Å². The highest BCUT2D eigenvalue weighted by Gasteiger charge is 2.07. The molecule has 19 heavy (non-hydrogen) atoms. The summed E-state index contributed by atoms with van der Waals surface area (Å²) in [5, 5.41) is 1.23. The molecule has 1 heterocycles. The molecule has 4 heteroatoms. The molecule has 0 aliphatic carbocycles. The third kappa shape index (κ3) is 2.42. The SMILES string of the molecule is Nc1ccc(Cn2cc(Br)c3ccccc32)c(Br)c1. The quantitative estimate of drug-likeness (QED) is 0.637. The van der Waals surface area contributed by atoms with E-state index in [1.807, 2.05) is 12.1 Å². The van der Waals surface area contributed by atoms with Gasteiger partial charge in [0, 0.05) is 38.3 Å². The smallest absolute Gasteiger partial charge is 0.0495 e. The molecular formula is C15H12Br2N2. The number of benzene rings is 2. The Kier molecular flexibility index (Phi) is 3.37. The zero-order valence-corrected chi connectivity index (χ0v) is 13.3. The summed E-state index contributed by atoms with van der Waals surface area (Å²) in [6.45, 7) is 0.812. The van der Waals surface area contributed by atoms with Crippen molar-refractivity contribution in [3.63, 3.8) is 0 Å². The molecule has 0 amide bonds. The summed E-state index contributed by atoms with van der Waals surface area (Å²) in [6, 6.07) is 14.3. The van der Waals surface area contributed by atoms with Gasteiger partial charge in [0.25, 0.3) is 0 Å². The van der Waals surface area contributed by atoms with Crippen molar-refractivity contribution >= 4 is 48.5 Å². The molecule has 0 radical (unpaired) electrons. The highest BCUT2D eigenvalue weighted by atomic mass is 79.9. The van der Waals surface area contributed by atoms with Gasteiger partial charge in [0.2, 0.25) is 0 Å². The van der Waals surface area contributed by atoms with Crippen LogP contribution in [0.1, 0.15) is 5.56 Å². The van der Waals surface area contributed by atoms with E-state index in [0.29, 0.717) is 0 Å². The summed E-state index contributed by atoms with van der Waals surface area (Å²) in [5.41, 5.74) is 8.97. The molecule has 0 saturated carbocycles. The van der Waals surface area contributed by atoms with Crippen molar-refractivity contribution < 1.29 is 0 Å². The predicted octanol–water partition coefficient (Wildman–Crippen LogP) is 4.80. The van der Waals surface area contributed by atoms with E-state index in [-0.39, 0.29) is 0 Å². The van der Waals surface area contributed by atoms with E-state index < -0.39 is 0 Å². The molecule has 3 aromatic rings. The zero-order valence-electron chi connectivity index (χ0n) is 10.1. The number of aromatic nitrogens is 1. The number of para-hydroxylation sites is 1. The first-order valence-electron chi connectivity index (χ1n) is 5.92. The van der Waals surface area contributed by atoms with Crippen molar-refractivity contribution in [2.75, 3.05) is 5.73 Å². The van der Waals surface area contributed by atoms with Crippen molar-refractivity contribution in [2.45, 2.75) is 6.54 Å². The van der Waals surface area contributed by atoms with Crippen molar-refractivity contribution in [1.29, 1.82) is 0 Å². The van der Waals surface area contributed by atoms with Crippen LogP contribution in [0.15, 0.2) is 57.6 Å². The lowest BCUT2D eigenvalue weighted by atomic mass is 10.2. The van der Waals surface area contributed by atoms with Gasteiger partial charge in [-0.1, -0.05) is 40.2 Å². The Morgan fingerprint density at radius 1 is 1.00 bits per heavy atom. The van der Waals surface area contributed by atoms with Crippen LogP contribution >= 0.6 is 31.9 Å². The van der Waals surface area contributed by atoms with Crippen LogP contribution in [-0.2, 0) is 6.54 Å². The van der Waals surface area contributed by atoms with Crippen molar-refractivity contribution in [3.8, 4) is 0 Å². The second-order valence-corrected chi connectivity index (χ2v) is 6.18. The molecule has 3 rings (SSSR count). The van der Waals surface area contributed by atoms with Crippen LogP contribution in [0.25, 0.3) is 10.9 Å². The summed E-state index contributed by atoms with van der Waals surface area (Å²) in [6.07, 6.45) is 2.12. The molecule has 96 valence electrons. The lowest BCUT2D eigenvalue weighted by molar-refractivity contribution is 0.832. The number of nitrogens with zero attached hydrogens (tertiary/aromatic N) is 1. The Labute approximate surface area is 128 Å². The Morgan fingerprint density at radius 2 is 1.79 bits per heavy atom. The third-order valence-corrected chi connectivity index (χ3v) is 4.53. The van der Waals surface area contributed by atoms with Gasteiger partial charge in [-0.05, 0) is 39.7 Å². The number of rotatable bonds is 2. The first-order valence-corrected chi connectivity index (χ1v) is 7.51. The highest BCUT2D eigenvalue weighted by Crippen LogP contribution is 2.28. The molecule has 0 aliphatic rings. The molecule has 2 nitrogen and oxygen atoms in total. The maximum atomic E-state index is 5.77. The van der Waals surface area contributed by atoms with Crippen LogP contribution in [0.4, 0.5) is 5.69 Å². The first kappa shape index (κ1) is 12.8. The van der Waals surface area contributed by atoms with Crippen LogP contribution < -0.4 is 5.73 Å². The molecule has 0 atom stereocenters. The molecule has 1 aromatic heterocycles.